The number of nitrogens with zero attached hydrogens (tertiary/aromatic N) is 3. The molecule has 7 heteroatoms. The van der Waals surface area contributed by atoms with Gasteiger partial charge in [-0.05, 0) is 38.0 Å². The summed E-state index contributed by atoms with van der Waals surface area (Å²) in [5.74, 6) is 1.75. The first-order chi connectivity index (χ1) is 12.7. The third-order valence-electron chi connectivity index (χ3n) is 6.27. The maximum absolute atomic E-state index is 12.4. The highest BCUT2D eigenvalue weighted by atomic mass is 127. The third-order valence-corrected chi connectivity index (χ3v) is 6.27. The Kier molecular flexibility index (Phi) is 9.62. The number of aliphatic imine (C=N–C) groups is 1. The van der Waals surface area contributed by atoms with Crippen molar-refractivity contribution in [1.82, 2.24) is 20.4 Å². The van der Waals surface area contributed by atoms with Crippen LogP contribution >= 0.6 is 24.0 Å². The second-order valence-corrected chi connectivity index (χ2v) is 8.40. The monoisotopic (exact) mass is 491 g/mol. The molecule has 156 valence electrons. The van der Waals surface area contributed by atoms with Gasteiger partial charge in [0.2, 0.25) is 5.91 Å². The molecule has 2 saturated heterocycles. The zero-order chi connectivity index (χ0) is 18.4. The zero-order valence-corrected chi connectivity index (χ0v) is 19.4. The van der Waals surface area contributed by atoms with Crippen molar-refractivity contribution < 1.29 is 4.79 Å². The number of carbonyl (C=O) groups excluding carboxylic acids is 1. The van der Waals surface area contributed by atoms with Gasteiger partial charge in [-0.3, -0.25) is 14.7 Å². The fraction of sp³-hybridized carbons (Fsp3) is 0.900. The summed E-state index contributed by atoms with van der Waals surface area (Å²) in [5.41, 5.74) is 0. The SMILES string of the molecule is CN=C(NCCC(=O)N1CCCC(C)C1)NC1CCN(C2CCCC2)C1.I. The van der Waals surface area contributed by atoms with E-state index in [9.17, 15) is 4.79 Å². The van der Waals surface area contributed by atoms with Crippen LogP contribution < -0.4 is 10.6 Å². The molecule has 3 aliphatic rings. The zero-order valence-electron chi connectivity index (χ0n) is 17.1. The Labute approximate surface area is 181 Å². The molecule has 1 saturated carbocycles. The quantitative estimate of drug-likeness (QED) is 0.353. The van der Waals surface area contributed by atoms with E-state index in [4.69, 9.17) is 0 Å². The number of rotatable bonds is 5. The van der Waals surface area contributed by atoms with Crippen molar-refractivity contribution in [3.63, 3.8) is 0 Å². The van der Waals surface area contributed by atoms with E-state index in [0.717, 1.165) is 38.1 Å². The standard InChI is InChI=1S/C20H37N5O.HI/c1-16-6-5-12-25(14-16)19(26)9-11-22-20(21-2)23-17-10-13-24(15-17)18-7-3-4-8-18;/h16-18H,3-15H2,1-2H3,(H2,21,22,23);1H. The van der Waals surface area contributed by atoms with Crippen LogP contribution in [0.5, 0.6) is 0 Å². The summed E-state index contributed by atoms with van der Waals surface area (Å²) in [6.07, 6.45) is 9.65. The molecule has 2 heterocycles. The number of guanidine groups is 1. The Bertz CT molecular complexity index is 495. The number of amides is 1. The average molecular weight is 491 g/mol. The van der Waals surface area contributed by atoms with Crippen molar-refractivity contribution in [3.05, 3.63) is 0 Å². The van der Waals surface area contributed by atoms with Gasteiger partial charge >= 0.3 is 0 Å². The number of nitrogens with one attached hydrogen (secondary N) is 2. The minimum absolute atomic E-state index is 0. The molecule has 0 aromatic heterocycles. The fourth-order valence-corrected chi connectivity index (χ4v) is 4.76. The van der Waals surface area contributed by atoms with E-state index in [-0.39, 0.29) is 29.9 Å². The molecule has 1 aliphatic carbocycles. The Balaban J connectivity index is 0.00000261. The van der Waals surface area contributed by atoms with Gasteiger partial charge < -0.3 is 15.5 Å². The molecule has 2 aliphatic heterocycles. The summed E-state index contributed by atoms with van der Waals surface area (Å²) in [6, 6.07) is 1.28. The summed E-state index contributed by atoms with van der Waals surface area (Å²) >= 11 is 0. The highest BCUT2D eigenvalue weighted by Gasteiger charge is 2.30. The van der Waals surface area contributed by atoms with Crippen LogP contribution in [0.2, 0.25) is 0 Å². The Hall–Kier alpha value is -0.570. The van der Waals surface area contributed by atoms with Crippen molar-refractivity contribution in [3.8, 4) is 0 Å². The molecule has 0 aromatic rings. The Morgan fingerprint density at radius 3 is 2.56 bits per heavy atom. The normalized spacial score (nSPS) is 27.5. The van der Waals surface area contributed by atoms with Crippen LogP contribution in [0.1, 0.15) is 58.3 Å². The predicted molar refractivity (Wildman–Crippen MR) is 122 cm³/mol. The second kappa shape index (κ2) is 11.4. The number of hydrogen-bond acceptors (Lipinski definition) is 3. The molecule has 0 bridgehead atoms. The molecule has 2 unspecified atom stereocenters. The average Bonchev–Trinajstić information content (AvgIpc) is 3.32. The van der Waals surface area contributed by atoms with Gasteiger partial charge in [0, 0.05) is 58.3 Å². The predicted octanol–water partition coefficient (Wildman–Crippen LogP) is 2.43. The van der Waals surface area contributed by atoms with Gasteiger partial charge in [0.05, 0.1) is 0 Å². The van der Waals surface area contributed by atoms with E-state index in [1.54, 1.807) is 0 Å². The molecule has 27 heavy (non-hydrogen) atoms. The van der Waals surface area contributed by atoms with Gasteiger partial charge in [-0.2, -0.15) is 0 Å². The molecule has 6 nitrogen and oxygen atoms in total. The van der Waals surface area contributed by atoms with Crippen LogP contribution in [-0.2, 0) is 4.79 Å². The first kappa shape index (κ1) is 22.7. The first-order valence-corrected chi connectivity index (χ1v) is 10.6. The maximum Gasteiger partial charge on any atom is 0.224 e. The highest BCUT2D eigenvalue weighted by Crippen LogP contribution is 2.26. The van der Waals surface area contributed by atoms with Crippen molar-refractivity contribution in [2.24, 2.45) is 10.9 Å². The van der Waals surface area contributed by atoms with E-state index in [0.29, 0.717) is 24.9 Å². The van der Waals surface area contributed by atoms with Crippen LogP contribution in [0.25, 0.3) is 0 Å². The van der Waals surface area contributed by atoms with Gasteiger partial charge in [-0.15, -0.1) is 24.0 Å². The van der Waals surface area contributed by atoms with Gasteiger partial charge in [0.15, 0.2) is 5.96 Å². The minimum Gasteiger partial charge on any atom is -0.356 e. The first-order valence-electron chi connectivity index (χ1n) is 10.6. The van der Waals surface area contributed by atoms with E-state index >= 15 is 0 Å². The summed E-state index contributed by atoms with van der Waals surface area (Å²) < 4.78 is 0. The lowest BCUT2D eigenvalue weighted by molar-refractivity contribution is -0.132. The van der Waals surface area contributed by atoms with E-state index < -0.39 is 0 Å². The van der Waals surface area contributed by atoms with E-state index in [1.807, 2.05) is 11.9 Å². The molecule has 3 fully saturated rings. The molecule has 1 amide bonds. The smallest absolute Gasteiger partial charge is 0.224 e. The van der Waals surface area contributed by atoms with Crippen LogP contribution in [0, 0.1) is 5.92 Å². The van der Waals surface area contributed by atoms with Crippen LogP contribution in [0.15, 0.2) is 4.99 Å². The number of likely N-dealkylation sites (tertiary alicyclic amines) is 2. The topological polar surface area (TPSA) is 60.0 Å². The lowest BCUT2D eigenvalue weighted by atomic mass is 10.00. The molecule has 0 radical (unpaired) electrons. The Morgan fingerprint density at radius 1 is 1.07 bits per heavy atom. The highest BCUT2D eigenvalue weighted by molar-refractivity contribution is 14.0. The largest absolute Gasteiger partial charge is 0.356 e. The van der Waals surface area contributed by atoms with Gasteiger partial charge in [0.25, 0.3) is 0 Å². The Morgan fingerprint density at radius 2 is 1.85 bits per heavy atom. The van der Waals surface area contributed by atoms with Crippen LogP contribution in [-0.4, -0.2) is 73.5 Å². The summed E-state index contributed by atoms with van der Waals surface area (Å²) in [4.78, 5) is 21.4. The van der Waals surface area contributed by atoms with Crippen LogP contribution in [0.4, 0.5) is 0 Å². The lowest BCUT2D eigenvalue weighted by Gasteiger charge is -2.31. The van der Waals surface area contributed by atoms with Crippen molar-refractivity contribution in [2.45, 2.75) is 70.4 Å². The molecule has 2 atom stereocenters. The molecule has 3 rings (SSSR count). The summed E-state index contributed by atoms with van der Waals surface area (Å²) in [6.45, 7) is 7.06. The molecular formula is C20H38IN5O. The van der Waals surface area contributed by atoms with E-state index in [2.05, 4.69) is 27.4 Å². The minimum atomic E-state index is 0. The molecule has 2 N–H and O–H groups in total. The van der Waals surface area contributed by atoms with E-state index in [1.165, 1.54) is 45.1 Å². The molecule has 0 aromatic carbocycles. The number of piperidine rings is 1. The number of carbonyl (C=O) groups is 1. The van der Waals surface area contributed by atoms with Gasteiger partial charge in [0.1, 0.15) is 0 Å². The van der Waals surface area contributed by atoms with Crippen molar-refractivity contribution in [1.29, 1.82) is 0 Å². The number of halogens is 1. The summed E-state index contributed by atoms with van der Waals surface area (Å²) in [5, 5.41) is 6.89. The van der Waals surface area contributed by atoms with Crippen molar-refractivity contribution in [2.75, 3.05) is 39.8 Å². The second-order valence-electron chi connectivity index (χ2n) is 8.40. The van der Waals surface area contributed by atoms with Gasteiger partial charge in [-0.25, -0.2) is 0 Å². The van der Waals surface area contributed by atoms with Crippen molar-refractivity contribution >= 4 is 35.8 Å². The molecule has 0 spiro atoms. The van der Waals surface area contributed by atoms with Gasteiger partial charge in [-0.1, -0.05) is 19.8 Å². The molecular weight excluding hydrogens is 453 g/mol. The third kappa shape index (κ3) is 6.76. The summed E-state index contributed by atoms with van der Waals surface area (Å²) in [7, 11) is 1.81. The lowest BCUT2D eigenvalue weighted by Crippen LogP contribution is -2.46. The fourth-order valence-electron chi connectivity index (χ4n) is 4.76. The number of hydrogen-bond donors (Lipinski definition) is 2. The maximum atomic E-state index is 12.4. The van der Waals surface area contributed by atoms with Crippen LogP contribution in [0.3, 0.4) is 0 Å².